The molecule has 0 fully saturated rings. The van der Waals surface area contributed by atoms with Gasteiger partial charge in [0.2, 0.25) is 0 Å². The molecule has 0 unspecified atom stereocenters. The Hall–Kier alpha value is -0.840. The summed E-state index contributed by atoms with van der Waals surface area (Å²) in [4.78, 5) is 0. The lowest BCUT2D eigenvalue weighted by atomic mass is 10.1. The molecular weight excluding hydrogens is 394 g/mol. The van der Waals surface area contributed by atoms with Crippen LogP contribution in [0.1, 0.15) is 23.6 Å². The van der Waals surface area contributed by atoms with Gasteiger partial charge < -0.3 is 10.1 Å². The maximum Gasteiger partial charge on any atom is 0.147 e. The van der Waals surface area contributed by atoms with Crippen LogP contribution in [0.4, 0.5) is 0 Å². The predicted octanol–water partition coefficient (Wildman–Crippen LogP) is 5.21. The van der Waals surface area contributed by atoms with E-state index in [1.165, 1.54) is 16.7 Å². The number of ether oxygens (including phenoxy) is 1. The summed E-state index contributed by atoms with van der Waals surface area (Å²) < 4.78 is 7.55. The second-order valence-corrected chi connectivity index (χ2v) is 6.62. The van der Waals surface area contributed by atoms with Crippen LogP contribution in [-0.2, 0) is 13.1 Å². The number of nitrogens with one attached hydrogen (secondary N) is 1. The molecule has 112 valence electrons. The summed E-state index contributed by atoms with van der Waals surface area (Å²) in [5.74, 6) is 0.861. The van der Waals surface area contributed by atoms with Gasteiger partial charge in [0.25, 0.3) is 0 Å². The summed E-state index contributed by atoms with van der Waals surface area (Å²) in [5.41, 5.74) is 3.80. The van der Waals surface area contributed by atoms with Crippen molar-refractivity contribution < 1.29 is 4.74 Å². The van der Waals surface area contributed by atoms with E-state index in [9.17, 15) is 0 Å². The molecule has 4 heteroatoms. The minimum absolute atomic E-state index is 0.655. The number of hydrogen-bond acceptors (Lipinski definition) is 2. The van der Waals surface area contributed by atoms with Gasteiger partial charge in [-0.2, -0.15) is 0 Å². The highest BCUT2D eigenvalue weighted by atomic mass is 79.9. The summed E-state index contributed by atoms with van der Waals surface area (Å²) in [5, 5.41) is 3.46. The van der Waals surface area contributed by atoms with E-state index < -0.39 is 0 Å². The minimum atomic E-state index is 0.655. The molecule has 2 aromatic carbocycles. The van der Waals surface area contributed by atoms with Crippen molar-refractivity contribution in [3.05, 3.63) is 62.0 Å². The number of halogens is 2. The molecule has 0 spiro atoms. The van der Waals surface area contributed by atoms with Gasteiger partial charge in [0.15, 0.2) is 0 Å². The lowest BCUT2D eigenvalue weighted by Crippen LogP contribution is -2.12. The average molecular weight is 413 g/mol. The predicted molar refractivity (Wildman–Crippen MR) is 94.7 cm³/mol. The van der Waals surface area contributed by atoms with Crippen LogP contribution in [0, 0.1) is 6.92 Å². The molecule has 0 heterocycles. The van der Waals surface area contributed by atoms with Crippen LogP contribution in [0.3, 0.4) is 0 Å². The monoisotopic (exact) mass is 411 g/mol. The Morgan fingerprint density at radius 3 is 2.10 bits per heavy atom. The van der Waals surface area contributed by atoms with Crippen LogP contribution in [0.25, 0.3) is 0 Å². The normalized spacial score (nSPS) is 10.7. The van der Waals surface area contributed by atoms with Gasteiger partial charge >= 0.3 is 0 Å². The third-order valence-electron chi connectivity index (χ3n) is 3.13. The van der Waals surface area contributed by atoms with E-state index in [-0.39, 0.29) is 0 Å². The van der Waals surface area contributed by atoms with E-state index >= 15 is 0 Å². The molecule has 0 saturated carbocycles. The Kier molecular flexibility index (Phi) is 6.27. The second kappa shape index (κ2) is 7.97. The van der Waals surface area contributed by atoms with Gasteiger partial charge in [-0.3, -0.25) is 0 Å². The highest BCUT2D eigenvalue weighted by Gasteiger charge is 2.08. The zero-order chi connectivity index (χ0) is 15.2. The Morgan fingerprint density at radius 1 is 0.952 bits per heavy atom. The molecule has 0 aliphatic rings. The molecule has 21 heavy (non-hydrogen) atoms. The molecular formula is C17H19Br2NO. The van der Waals surface area contributed by atoms with Crippen molar-refractivity contribution in [2.75, 3.05) is 6.61 Å². The third kappa shape index (κ3) is 4.83. The number of hydrogen-bond donors (Lipinski definition) is 1. The smallest absolute Gasteiger partial charge is 0.147 e. The zero-order valence-electron chi connectivity index (χ0n) is 12.2. The molecule has 0 aromatic heterocycles. The highest BCUT2D eigenvalue weighted by Crippen LogP contribution is 2.34. The fraction of sp³-hybridized carbons (Fsp3) is 0.294. The van der Waals surface area contributed by atoms with E-state index in [0.717, 1.165) is 27.8 Å². The fourth-order valence-electron chi connectivity index (χ4n) is 2.05. The summed E-state index contributed by atoms with van der Waals surface area (Å²) in [6, 6.07) is 12.8. The molecule has 0 radical (unpaired) electrons. The first-order chi connectivity index (χ1) is 10.1. The van der Waals surface area contributed by atoms with Gasteiger partial charge in [-0.25, -0.2) is 0 Å². The Bertz CT molecular complexity index is 573. The number of aryl methyl sites for hydroxylation is 1. The van der Waals surface area contributed by atoms with Crippen LogP contribution >= 0.6 is 31.9 Å². The van der Waals surface area contributed by atoms with Crippen molar-refractivity contribution in [1.29, 1.82) is 0 Å². The van der Waals surface area contributed by atoms with Gasteiger partial charge in [0, 0.05) is 13.1 Å². The first kappa shape index (κ1) is 16.5. The fourth-order valence-corrected chi connectivity index (χ4v) is 3.56. The zero-order valence-corrected chi connectivity index (χ0v) is 15.4. The quantitative estimate of drug-likeness (QED) is 0.703. The van der Waals surface area contributed by atoms with Crippen LogP contribution in [0.2, 0.25) is 0 Å². The van der Waals surface area contributed by atoms with Crippen molar-refractivity contribution in [3.63, 3.8) is 0 Å². The van der Waals surface area contributed by atoms with Crippen LogP contribution in [0.15, 0.2) is 45.3 Å². The molecule has 0 bridgehead atoms. The van der Waals surface area contributed by atoms with Crippen LogP contribution in [-0.4, -0.2) is 6.61 Å². The molecule has 1 N–H and O–H groups in total. The van der Waals surface area contributed by atoms with Gasteiger partial charge in [-0.1, -0.05) is 29.8 Å². The van der Waals surface area contributed by atoms with Crippen molar-refractivity contribution in [1.82, 2.24) is 5.32 Å². The summed E-state index contributed by atoms with van der Waals surface area (Å²) >= 11 is 7.12. The van der Waals surface area contributed by atoms with Gasteiger partial charge in [0.05, 0.1) is 15.6 Å². The lowest BCUT2D eigenvalue weighted by Gasteiger charge is -2.11. The van der Waals surface area contributed by atoms with E-state index in [4.69, 9.17) is 4.74 Å². The van der Waals surface area contributed by atoms with Crippen molar-refractivity contribution in [3.8, 4) is 5.75 Å². The SMILES string of the molecule is CCOc1c(Br)cc(CNCc2ccc(C)cc2)cc1Br. The van der Waals surface area contributed by atoms with E-state index in [2.05, 4.69) is 80.5 Å². The maximum atomic E-state index is 5.59. The average Bonchev–Trinajstić information content (AvgIpc) is 2.45. The number of benzene rings is 2. The van der Waals surface area contributed by atoms with Gasteiger partial charge in [-0.05, 0) is 69.0 Å². The van der Waals surface area contributed by atoms with Crippen LogP contribution in [0.5, 0.6) is 5.75 Å². The minimum Gasteiger partial charge on any atom is -0.492 e. The second-order valence-electron chi connectivity index (χ2n) is 4.91. The van der Waals surface area contributed by atoms with Crippen molar-refractivity contribution in [2.45, 2.75) is 26.9 Å². The number of rotatable bonds is 6. The largest absolute Gasteiger partial charge is 0.492 e. The van der Waals surface area contributed by atoms with E-state index in [1.807, 2.05) is 6.92 Å². The Morgan fingerprint density at radius 2 is 1.52 bits per heavy atom. The van der Waals surface area contributed by atoms with Gasteiger partial charge in [0.1, 0.15) is 5.75 Å². The van der Waals surface area contributed by atoms with Crippen molar-refractivity contribution >= 4 is 31.9 Å². The van der Waals surface area contributed by atoms with Crippen molar-refractivity contribution in [2.24, 2.45) is 0 Å². The summed E-state index contributed by atoms with van der Waals surface area (Å²) in [7, 11) is 0. The molecule has 2 nitrogen and oxygen atoms in total. The first-order valence-electron chi connectivity index (χ1n) is 6.97. The van der Waals surface area contributed by atoms with E-state index in [0.29, 0.717) is 6.61 Å². The molecule has 0 aliphatic carbocycles. The Labute approximate surface area is 143 Å². The molecule has 0 saturated heterocycles. The molecule has 2 rings (SSSR count). The molecule has 2 aromatic rings. The van der Waals surface area contributed by atoms with Gasteiger partial charge in [-0.15, -0.1) is 0 Å². The highest BCUT2D eigenvalue weighted by molar-refractivity contribution is 9.11. The van der Waals surface area contributed by atoms with E-state index in [1.54, 1.807) is 0 Å². The van der Waals surface area contributed by atoms with Crippen LogP contribution < -0.4 is 10.1 Å². The summed E-state index contributed by atoms with van der Waals surface area (Å²) in [6.45, 7) is 6.42. The maximum absolute atomic E-state index is 5.59. The molecule has 0 aliphatic heterocycles. The molecule has 0 atom stereocenters. The third-order valence-corrected chi connectivity index (χ3v) is 4.30. The topological polar surface area (TPSA) is 21.3 Å². The standard InChI is InChI=1S/C17H19Br2NO/c1-3-21-17-15(18)8-14(9-16(17)19)11-20-10-13-6-4-12(2)5-7-13/h4-9,20H,3,10-11H2,1-2H3. The lowest BCUT2D eigenvalue weighted by molar-refractivity contribution is 0.336. The summed E-state index contributed by atoms with van der Waals surface area (Å²) in [6.07, 6.45) is 0. The molecule has 0 amide bonds. The Balaban J connectivity index is 1.95. The first-order valence-corrected chi connectivity index (χ1v) is 8.55.